The summed E-state index contributed by atoms with van der Waals surface area (Å²) in [6.07, 6.45) is 1.54. The topological polar surface area (TPSA) is 76.5 Å². The van der Waals surface area contributed by atoms with E-state index in [1.54, 1.807) is 11.2 Å². The van der Waals surface area contributed by atoms with Crippen LogP contribution < -0.4 is 10.2 Å². The second kappa shape index (κ2) is 8.70. The number of carbonyl (C=O) groups is 2. The molecule has 1 N–H and O–H groups in total. The zero-order valence-corrected chi connectivity index (χ0v) is 20.7. The molecule has 3 aromatic carbocycles. The number of aromatic nitrogens is 2. The maximum absolute atomic E-state index is 13.1. The molecule has 174 valence electrons. The summed E-state index contributed by atoms with van der Waals surface area (Å²) in [5.74, 6) is -0.592. The molecule has 34 heavy (non-hydrogen) atoms. The second-order valence-corrected chi connectivity index (χ2v) is 15.5. The SMILES string of the molecule is C[Si](C)(C)CCOCn1cnc2cc(N3C(=O)CC(=O)Nc4c3ccc3ccccc43)ccc21. The van der Waals surface area contributed by atoms with Crippen LogP contribution in [0, 0.1) is 0 Å². The standard InChI is InChI=1S/C26H28N4O3Si/c1-34(2,3)13-12-33-17-29-16-27-21-14-19(9-11-22(21)29)30-23-10-8-18-6-4-5-7-20(18)26(23)28-24(31)15-25(30)32/h4-11,14,16H,12-13,15,17H2,1-3H3,(H,28,31). The average molecular weight is 473 g/mol. The van der Waals surface area contributed by atoms with Gasteiger partial charge in [0.05, 0.1) is 34.4 Å². The van der Waals surface area contributed by atoms with Crippen molar-refractivity contribution >= 4 is 58.8 Å². The molecule has 4 aromatic rings. The molecule has 0 fully saturated rings. The second-order valence-electron chi connectivity index (χ2n) is 9.87. The number of anilines is 3. The van der Waals surface area contributed by atoms with Gasteiger partial charge in [0, 0.05) is 20.1 Å². The van der Waals surface area contributed by atoms with Crippen LogP contribution in [0.15, 0.2) is 60.9 Å². The van der Waals surface area contributed by atoms with E-state index in [1.807, 2.05) is 59.2 Å². The van der Waals surface area contributed by atoms with Gasteiger partial charge in [-0.3, -0.25) is 14.5 Å². The fourth-order valence-corrected chi connectivity index (χ4v) is 4.99. The van der Waals surface area contributed by atoms with Crippen LogP contribution in [-0.2, 0) is 21.1 Å². The van der Waals surface area contributed by atoms with Gasteiger partial charge in [0.25, 0.3) is 0 Å². The van der Waals surface area contributed by atoms with Gasteiger partial charge in [-0.25, -0.2) is 4.98 Å². The Labute approximate surface area is 199 Å². The lowest BCUT2D eigenvalue weighted by atomic mass is 10.1. The molecule has 0 bridgehead atoms. The molecule has 0 saturated carbocycles. The molecule has 8 heteroatoms. The molecule has 1 aliphatic heterocycles. The summed E-state index contributed by atoms with van der Waals surface area (Å²) in [4.78, 5) is 31.8. The van der Waals surface area contributed by atoms with Crippen LogP contribution in [0.25, 0.3) is 21.8 Å². The van der Waals surface area contributed by atoms with Gasteiger partial charge in [-0.05, 0) is 35.7 Å². The molecule has 2 amide bonds. The van der Waals surface area contributed by atoms with Crippen LogP contribution in [0.5, 0.6) is 0 Å². The van der Waals surface area contributed by atoms with Crippen molar-refractivity contribution in [1.29, 1.82) is 0 Å². The Morgan fingerprint density at radius 1 is 1.06 bits per heavy atom. The number of imidazole rings is 1. The fourth-order valence-electron chi connectivity index (χ4n) is 4.23. The molecule has 5 rings (SSSR count). The molecule has 0 atom stereocenters. The van der Waals surface area contributed by atoms with Crippen molar-refractivity contribution in [3.8, 4) is 0 Å². The van der Waals surface area contributed by atoms with E-state index in [0.29, 0.717) is 23.8 Å². The minimum absolute atomic E-state index is 0.222. The molecule has 0 saturated heterocycles. The highest BCUT2D eigenvalue weighted by atomic mass is 28.3. The monoisotopic (exact) mass is 472 g/mol. The number of amides is 2. The van der Waals surface area contributed by atoms with Crippen molar-refractivity contribution in [2.75, 3.05) is 16.8 Å². The maximum Gasteiger partial charge on any atom is 0.241 e. The quantitative estimate of drug-likeness (QED) is 0.228. The molecular weight excluding hydrogens is 444 g/mol. The number of rotatable bonds is 6. The lowest BCUT2D eigenvalue weighted by Crippen LogP contribution is -2.26. The Morgan fingerprint density at radius 3 is 2.71 bits per heavy atom. The van der Waals surface area contributed by atoms with Gasteiger partial charge in [0.1, 0.15) is 13.2 Å². The highest BCUT2D eigenvalue weighted by molar-refractivity contribution is 6.76. The summed E-state index contributed by atoms with van der Waals surface area (Å²) in [5.41, 5.74) is 3.69. The predicted octanol–water partition coefficient (Wildman–Crippen LogP) is 5.51. The van der Waals surface area contributed by atoms with Gasteiger partial charge in [-0.15, -0.1) is 0 Å². The van der Waals surface area contributed by atoms with Crippen molar-refractivity contribution in [2.45, 2.75) is 38.8 Å². The largest absolute Gasteiger partial charge is 0.361 e. The molecule has 0 spiro atoms. The lowest BCUT2D eigenvalue weighted by Gasteiger charge is -2.23. The normalized spacial score (nSPS) is 14.4. The zero-order valence-electron chi connectivity index (χ0n) is 19.7. The Hall–Kier alpha value is -3.49. The third kappa shape index (κ3) is 4.34. The van der Waals surface area contributed by atoms with Gasteiger partial charge in [0.2, 0.25) is 11.8 Å². The number of hydrogen-bond donors (Lipinski definition) is 1. The lowest BCUT2D eigenvalue weighted by molar-refractivity contribution is -0.124. The Morgan fingerprint density at radius 2 is 1.88 bits per heavy atom. The Bertz CT molecular complexity index is 1410. The van der Waals surface area contributed by atoms with E-state index < -0.39 is 8.07 Å². The van der Waals surface area contributed by atoms with Gasteiger partial charge in [-0.1, -0.05) is 50.0 Å². The Balaban J connectivity index is 1.49. The minimum atomic E-state index is -1.14. The summed E-state index contributed by atoms with van der Waals surface area (Å²) in [6, 6.07) is 18.5. The molecule has 7 nitrogen and oxygen atoms in total. The Kier molecular flexibility index (Phi) is 5.71. The van der Waals surface area contributed by atoms with Crippen molar-refractivity contribution in [3.05, 3.63) is 60.9 Å². The van der Waals surface area contributed by atoms with Gasteiger partial charge in [0.15, 0.2) is 0 Å². The first-order valence-electron chi connectivity index (χ1n) is 11.5. The fraction of sp³-hybridized carbons (Fsp3) is 0.269. The number of carbonyl (C=O) groups excluding carboxylic acids is 2. The number of benzene rings is 3. The average Bonchev–Trinajstić information content (AvgIpc) is 3.13. The maximum atomic E-state index is 13.1. The molecule has 0 unspecified atom stereocenters. The van der Waals surface area contributed by atoms with Crippen molar-refractivity contribution in [1.82, 2.24) is 9.55 Å². The molecular formula is C26H28N4O3Si. The van der Waals surface area contributed by atoms with Crippen LogP contribution in [0.4, 0.5) is 17.1 Å². The van der Waals surface area contributed by atoms with E-state index in [9.17, 15) is 9.59 Å². The number of fused-ring (bicyclic) bond motifs is 4. The summed E-state index contributed by atoms with van der Waals surface area (Å²) in [5, 5.41) is 4.84. The smallest absolute Gasteiger partial charge is 0.241 e. The highest BCUT2D eigenvalue weighted by Crippen LogP contribution is 2.40. The molecule has 0 radical (unpaired) electrons. The van der Waals surface area contributed by atoms with Crippen LogP contribution in [-0.4, -0.2) is 36.0 Å². The first-order chi connectivity index (χ1) is 16.3. The van der Waals surface area contributed by atoms with E-state index in [4.69, 9.17) is 4.74 Å². The minimum Gasteiger partial charge on any atom is -0.361 e. The van der Waals surface area contributed by atoms with E-state index >= 15 is 0 Å². The summed E-state index contributed by atoms with van der Waals surface area (Å²) in [7, 11) is -1.14. The van der Waals surface area contributed by atoms with E-state index in [0.717, 1.165) is 34.5 Å². The van der Waals surface area contributed by atoms with Crippen LogP contribution >= 0.6 is 0 Å². The van der Waals surface area contributed by atoms with Crippen molar-refractivity contribution in [3.63, 3.8) is 0 Å². The number of nitrogens with zero attached hydrogens (tertiary/aromatic N) is 3. The van der Waals surface area contributed by atoms with Gasteiger partial charge in [-0.2, -0.15) is 0 Å². The summed E-state index contributed by atoms with van der Waals surface area (Å²) in [6.45, 7) is 8.17. The van der Waals surface area contributed by atoms with E-state index in [2.05, 4.69) is 29.9 Å². The third-order valence-electron chi connectivity index (χ3n) is 6.06. The molecule has 1 aromatic heterocycles. The van der Waals surface area contributed by atoms with Gasteiger partial charge < -0.3 is 14.6 Å². The highest BCUT2D eigenvalue weighted by Gasteiger charge is 2.29. The van der Waals surface area contributed by atoms with Crippen LogP contribution in [0.2, 0.25) is 25.7 Å². The predicted molar refractivity (Wildman–Crippen MR) is 138 cm³/mol. The van der Waals surface area contributed by atoms with Crippen molar-refractivity contribution in [2.24, 2.45) is 0 Å². The molecule has 1 aliphatic rings. The molecule has 2 heterocycles. The summed E-state index contributed by atoms with van der Waals surface area (Å²) >= 11 is 0. The summed E-state index contributed by atoms with van der Waals surface area (Å²) < 4.78 is 7.86. The van der Waals surface area contributed by atoms with Gasteiger partial charge >= 0.3 is 0 Å². The zero-order chi connectivity index (χ0) is 23.9. The van der Waals surface area contributed by atoms with Crippen LogP contribution in [0.3, 0.4) is 0 Å². The number of hydrogen-bond acceptors (Lipinski definition) is 4. The van der Waals surface area contributed by atoms with Crippen molar-refractivity contribution < 1.29 is 14.3 Å². The van der Waals surface area contributed by atoms with E-state index in [1.165, 1.54) is 0 Å². The van der Waals surface area contributed by atoms with E-state index in [-0.39, 0.29) is 18.2 Å². The first-order valence-corrected chi connectivity index (χ1v) is 15.2. The number of nitrogens with one attached hydrogen (secondary N) is 1. The van der Waals surface area contributed by atoms with Crippen LogP contribution in [0.1, 0.15) is 6.42 Å². The first kappa shape index (κ1) is 22.3. The molecule has 0 aliphatic carbocycles. The third-order valence-corrected chi connectivity index (χ3v) is 7.77. The number of ether oxygens (including phenoxy) is 1.